The van der Waals surface area contributed by atoms with E-state index in [4.69, 9.17) is 30.4 Å². The highest BCUT2D eigenvalue weighted by atomic mass is 19.1. The number of aromatic nitrogens is 2. The molecule has 3 aliphatic rings. The first-order valence-corrected chi connectivity index (χ1v) is 18.3. The van der Waals surface area contributed by atoms with E-state index >= 15 is 8.78 Å². The second kappa shape index (κ2) is 14.9. The van der Waals surface area contributed by atoms with E-state index in [0.29, 0.717) is 28.7 Å². The number of carbonyl (C=O) groups excluding carboxylic acids is 1. The molecule has 0 saturated carbocycles. The molecule has 0 unspecified atom stereocenters. The van der Waals surface area contributed by atoms with Gasteiger partial charge in [0.1, 0.15) is 35.1 Å². The van der Waals surface area contributed by atoms with Gasteiger partial charge < -0.3 is 28.7 Å². The monoisotopic (exact) mass is 738 g/mol. The lowest BCUT2D eigenvalue weighted by atomic mass is 9.93. The van der Waals surface area contributed by atoms with Crippen molar-refractivity contribution < 1.29 is 32.5 Å². The molecule has 3 fully saturated rings. The Hall–Kier alpha value is -5.24. The van der Waals surface area contributed by atoms with E-state index in [1.54, 1.807) is 51.1 Å². The lowest BCUT2D eigenvalue weighted by Crippen LogP contribution is -2.56. The van der Waals surface area contributed by atoms with Crippen LogP contribution in [-0.4, -0.2) is 96.3 Å². The van der Waals surface area contributed by atoms with E-state index in [1.165, 1.54) is 18.1 Å². The first-order chi connectivity index (χ1) is 25.9. The quantitative estimate of drug-likeness (QED) is 0.131. The number of rotatable bonds is 9. The minimum Gasteiger partial charge on any atom is -0.468 e. The summed E-state index contributed by atoms with van der Waals surface area (Å²) in [6, 6.07) is 11.4. The number of halogens is 2. The number of amides is 1. The fourth-order valence-corrected chi connectivity index (χ4v) is 8.19. The van der Waals surface area contributed by atoms with Crippen molar-refractivity contribution in [1.82, 2.24) is 19.8 Å². The van der Waals surface area contributed by atoms with Gasteiger partial charge in [-0.25, -0.2) is 13.6 Å². The summed E-state index contributed by atoms with van der Waals surface area (Å²) < 4.78 is 56.9. The van der Waals surface area contributed by atoms with Gasteiger partial charge in [-0.2, -0.15) is 15.2 Å². The molecule has 0 N–H and O–H groups in total. The van der Waals surface area contributed by atoms with Gasteiger partial charge in [0.25, 0.3) is 0 Å². The van der Waals surface area contributed by atoms with Gasteiger partial charge in [-0.3, -0.25) is 4.90 Å². The second-order valence-electron chi connectivity index (χ2n) is 15.2. The van der Waals surface area contributed by atoms with Crippen LogP contribution in [0.3, 0.4) is 0 Å². The Morgan fingerprint density at radius 3 is 2.56 bits per heavy atom. The molecule has 7 rings (SSSR count). The number of methoxy groups -OCH3 is 1. The maximum absolute atomic E-state index is 17.3. The highest BCUT2D eigenvalue weighted by Crippen LogP contribution is 2.43. The molecule has 3 saturated heterocycles. The molecule has 4 heterocycles. The highest BCUT2D eigenvalue weighted by Gasteiger charge is 2.45. The smallest absolute Gasteiger partial charge is 0.410 e. The van der Waals surface area contributed by atoms with Crippen molar-refractivity contribution in [3.8, 4) is 41.3 Å². The molecule has 1 amide bonds. The Labute approximate surface area is 313 Å². The van der Waals surface area contributed by atoms with Crippen molar-refractivity contribution in [1.29, 1.82) is 5.26 Å². The summed E-state index contributed by atoms with van der Waals surface area (Å²) in [5.41, 5.74) is -0.701. The zero-order chi connectivity index (χ0) is 38.2. The van der Waals surface area contributed by atoms with E-state index in [1.807, 2.05) is 4.90 Å². The first kappa shape index (κ1) is 37.1. The minimum atomic E-state index is -0.919. The number of benzene rings is 3. The van der Waals surface area contributed by atoms with Crippen LogP contribution in [-0.2, 0) is 9.47 Å². The zero-order valence-corrected chi connectivity index (χ0v) is 31.1. The van der Waals surface area contributed by atoms with Crippen LogP contribution in [0.4, 0.5) is 19.4 Å². The third-order valence-electron chi connectivity index (χ3n) is 10.6. The van der Waals surface area contributed by atoms with E-state index in [9.17, 15) is 10.1 Å². The van der Waals surface area contributed by atoms with Crippen LogP contribution in [0.1, 0.15) is 58.4 Å². The number of anilines is 1. The number of carbonyl (C=O) groups is 1. The predicted molar refractivity (Wildman–Crippen MR) is 200 cm³/mol. The average Bonchev–Trinajstić information content (AvgIpc) is 3.73. The summed E-state index contributed by atoms with van der Waals surface area (Å²) in [5.74, 6) is 1.45. The van der Waals surface area contributed by atoms with Crippen LogP contribution in [0.25, 0.3) is 32.8 Å². The van der Waals surface area contributed by atoms with Gasteiger partial charge in [-0.15, -0.1) is 6.42 Å². The summed E-state index contributed by atoms with van der Waals surface area (Å²) in [6.45, 7) is 8.18. The fourth-order valence-electron chi connectivity index (χ4n) is 8.19. The summed E-state index contributed by atoms with van der Waals surface area (Å²) in [7, 11) is 1.48. The number of hydrogen-bond donors (Lipinski definition) is 0. The number of ether oxygens (including phenoxy) is 4. The van der Waals surface area contributed by atoms with Gasteiger partial charge in [-0.05, 0) is 89.2 Å². The number of piperazine rings is 1. The average molecular weight is 739 g/mol. The summed E-state index contributed by atoms with van der Waals surface area (Å²) in [6.07, 6.45) is 9.46. The molecule has 3 aliphatic heterocycles. The van der Waals surface area contributed by atoms with Crippen molar-refractivity contribution in [2.75, 3.05) is 58.1 Å². The van der Waals surface area contributed by atoms with Crippen LogP contribution in [0.2, 0.25) is 0 Å². The van der Waals surface area contributed by atoms with Gasteiger partial charge >= 0.3 is 12.1 Å². The van der Waals surface area contributed by atoms with Gasteiger partial charge in [0.2, 0.25) is 0 Å². The van der Waals surface area contributed by atoms with E-state index in [-0.39, 0.29) is 72.2 Å². The Balaban J connectivity index is 1.37. The van der Waals surface area contributed by atoms with Crippen molar-refractivity contribution in [3.05, 3.63) is 53.6 Å². The van der Waals surface area contributed by atoms with Crippen LogP contribution in [0.15, 0.2) is 36.4 Å². The molecule has 1 aromatic heterocycles. The van der Waals surface area contributed by atoms with Crippen LogP contribution >= 0.6 is 0 Å². The van der Waals surface area contributed by atoms with Gasteiger partial charge in [0, 0.05) is 48.6 Å². The SMILES string of the molecule is C#Cc1cccc2cc(OCOC)cc(-c3c(F)cc4c(N5CCN(C(=O)OC(C)(C)C)[C@@H](CC#N)C5)nc(OCC56CCCN5CCC6)nc4c3F)c12. The third-order valence-corrected chi connectivity index (χ3v) is 10.6. The standard InChI is InChI=1S/C41H44F2N6O5/c1-6-26-10-7-11-27-20-29(53-25-51-5)21-30(33(26)27)34-32(42)22-31-36(35(34)43)45-38(52-24-41-13-8-16-48(41)17-9-14-41)46-37(31)47-18-19-49(28(23-47)12-15-44)39(50)54-40(2,3)4/h1,7,10-11,20-22,28H,8-9,12-14,16-19,23-25H2,2-5H3/t28-/m0/s1. The maximum atomic E-state index is 17.3. The summed E-state index contributed by atoms with van der Waals surface area (Å²) in [4.78, 5) is 28.4. The zero-order valence-electron chi connectivity index (χ0n) is 31.1. The minimum absolute atomic E-state index is 0.0133. The molecule has 4 aromatic rings. The Kier molecular flexibility index (Phi) is 10.2. The highest BCUT2D eigenvalue weighted by molar-refractivity contribution is 6.04. The molecule has 0 radical (unpaired) electrons. The number of nitrogens with zero attached hydrogens (tertiary/aromatic N) is 6. The molecule has 13 heteroatoms. The number of nitriles is 1. The van der Waals surface area contributed by atoms with Crippen molar-refractivity contribution in [2.24, 2.45) is 0 Å². The van der Waals surface area contributed by atoms with E-state index in [0.717, 1.165) is 38.8 Å². The fraction of sp³-hybridized carbons (Fsp3) is 0.463. The molecular weight excluding hydrogens is 694 g/mol. The number of hydrogen-bond acceptors (Lipinski definition) is 10. The largest absolute Gasteiger partial charge is 0.468 e. The Bertz CT molecular complexity index is 2170. The number of fused-ring (bicyclic) bond motifs is 3. The molecule has 0 bridgehead atoms. The lowest BCUT2D eigenvalue weighted by molar-refractivity contribution is 0.0145. The molecule has 1 atom stereocenters. The normalized spacial score (nSPS) is 18.4. The molecule has 54 heavy (non-hydrogen) atoms. The summed E-state index contributed by atoms with van der Waals surface area (Å²) >= 11 is 0. The summed E-state index contributed by atoms with van der Waals surface area (Å²) in [5, 5.41) is 11.0. The van der Waals surface area contributed by atoms with Crippen LogP contribution in [0, 0.1) is 35.3 Å². The topological polar surface area (TPSA) is 113 Å². The van der Waals surface area contributed by atoms with Gasteiger partial charge in [-0.1, -0.05) is 18.1 Å². The van der Waals surface area contributed by atoms with Crippen LogP contribution < -0.4 is 14.4 Å². The number of terminal acetylenes is 1. The first-order valence-electron chi connectivity index (χ1n) is 18.3. The molecule has 0 spiro atoms. The maximum Gasteiger partial charge on any atom is 0.410 e. The molecule has 0 aliphatic carbocycles. The molecular formula is C41H44F2N6O5. The van der Waals surface area contributed by atoms with E-state index in [2.05, 4.69) is 21.9 Å². The lowest BCUT2D eigenvalue weighted by Gasteiger charge is -2.41. The van der Waals surface area contributed by atoms with Gasteiger partial charge in [0.05, 0.1) is 29.6 Å². The molecule has 282 valence electrons. The van der Waals surface area contributed by atoms with Crippen molar-refractivity contribution >= 4 is 33.6 Å². The van der Waals surface area contributed by atoms with E-state index < -0.39 is 29.4 Å². The van der Waals surface area contributed by atoms with Crippen LogP contribution in [0.5, 0.6) is 11.8 Å². The van der Waals surface area contributed by atoms with Crippen molar-refractivity contribution in [3.63, 3.8) is 0 Å². The Morgan fingerprint density at radius 1 is 1.07 bits per heavy atom. The van der Waals surface area contributed by atoms with Gasteiger partial charge in [0.15, 0.2) is 12.6 Å². The Morgan fingerprint density at radius 2 is 1.85 bits per heavy atom. The predicted octanol–water partition coefficient (Wildman–Crippen LogP) is 7.04. The molecule has 11 nitrogen and oxygen atoms in total. The molecule has 3 aromatic carbocycles. The second-order valence-corrected chi connectivity index (χ2v) is 15.2. The third kappa shape index (κ3) is 7.06. The van der Waals surface area contributed by atoms with Crippen molar-refractivity contribution in [2.45, 2.75) is 70.1 Å².